The summed E-state index contributed by atoms with van der Waals surface area (Å²) in [6.07, 6.45) is 4.90. The Morgan fingerprint density at radius 2 is 1.97 bits per heavy atom. The first-order chi connectivity index (χ1) is 18.2. The number of hydrogen-bond donors (Lipinski definition) is 4. The number of piperidine rings is 1. The average molecular weight is 523 g/mol. The number of anilines is 1. The number of aromatic nitrogens is 4. The standard InChI is InChI=1S/C28H38N6O4/c1-27(2,3)38-26(37)33-10-8-28(9-11-33)14-21(19-6-4-5-7-20(19)28)31-24-23-25(30-16-29-24)34(32-23)18-12-17(15-35)22(36)13-18/h4-7,16-18,21-22,32,35-36H,8-15H2,1-3H3,(H,29,30,31)/t17?,18?,21-,22?/m0/s1. The predicted molar refractivity (Wildman–Crippen MR) is 143 cm³/mol. The molecule has 2 aromatic heterocycles. The number of nitrogens with zero attached hydrogens (tertiary/aromatic N) is 4. The number of benzene rings is 1. The van der Waals surface area contributed by atoms with Gasteiger partial charge in [-0.1, -0.05) is 24.3 Å². The molecule has 38 heavy (non-hydrogen) atoms. The fourth-order valence-corrected chi connectivity index (χ4v) is 6.74. The van der Waals surface area contributed by atoms with Crippen LogP contribution in [0.25, 0.3) is 11.2 Å². The van der Waals surface area contributed by atoms with Gasteiger partial charge in [-0.3, -0.25) is 9.78 Å². The minimum atomic E-state index is -0.498. The number of carbonyl (C=O) groups is 1. The molecule has 1 aliphatic heterocycles. The fourth-order valence-electron chi connectivity index (χ4n) is 6.74. The number of rotatable bonds is 4. The molecule has 4 N–H and O–H groups in total. The van der Waals surface area contributed by atoms with Crippen LogP contribution >= 0.6 is 0 Å². The molecule has 2 fully saturated rings. The second kappa shape index (κ2) is 9.27. The van der Waals surface area contributed by atoms with Gasteiger partial charge in [0.1, 0.15) is 17.4 Å². The van der Waals surface area contributed by atoms with Gasteiger partial charge in [0.2, 0.25) is 0 Å². The quantitative estimate of drug-likeness (QED) is 0.409. The number of aliphatic hydroxyl groups excluding tert-OH is 2. The molecular formula is C28H38N6O4. The number of likely N-dealkylation sites (tertiary alicyclic amines) is 1. The average Bonchev–Trinajstić information content (AvgIpc) is 3.37. The number of amides is 1. The van der Waals surface area contributed by atoms with Gasteiger partial charge in [0.15, 0.2) is 11.5 Å². The summed E-state index contributed by atoms with van der Waals surface area (Å²) in [4.78, 5) is 23.6. The van der Waals surface area contributed by atoms with Crippen molar-refractivity contribution in [2.45, 2.75) is 82.1 Å². The number of nitrogens with one attached hydrogen (secondary N) is 2. The lowest BCUT2D eigenvalue weighted by atomic mass is 9.73. The second-order valence-electron chi connectivity index (χ2n) is 12.3. The second-order valence-corrected chi connectivity index (χ2v) is 12.3. The summed E-state index contributed by atoms with van der Waals surface area (Å²) >= 11 is 0. The van der Waals surface area contributed by atoms with Crippen LogP contribution in [0.15, 0.2) is 30.6 Å². The van der Waals surface area contributed by atoms with Crippen molar-refractivity contribution in [3.05, 3.63) is 41.7 Å². The zero-order valence-corrected chi connectivity index (χ0v) is 22.4. The van der Waals surface area contributed by atoms with Gasteiger partial charge in [-0.15, -0.1) is 0 Å². The highest BCUT2D eigenvalue weighted by Crippen LogP contribution is 2.52. The first-order valence-electron chi connectivity index (χ1n) is 13.7. The van der Waals surface area contributed by atoms with Crippen LogP contribution in [0.4, 0.5) is 10.6 Å². The Kier molecular flexibility index (Phi) is 6.14. The normalized spacial score (nSPS) is 26.7. The summed E-state index contributed by atoms with van der Waals surface area (Å²) < 4.78 is 7.61. The molecule has 4 atom stereocenters. The van der Waals surface area contributed by atoms with Gasteiger partial charge in [-0.25, -0.2) is 14.8 Å². The van der Waals surface area contributed by atoms with E-state index in [0.29, 0.717) is 19.5 Å². The Morgan fingerprint density at radius 1 is 1.21 bits per heavy atom. The fraction of sp³-hybridized carbons (Fsp3) is 0.607. The summed E-state index contributed by atoms with van der Waals surface area (Å²) in [6.45, 7) is 7.05. The van der Waals surface area contributed by atoms with Crippen molar-refractivity contribution in [1.82, 2.24) is 24.6 Å². The van der Waals surface area contributed by atoms with Gasteiger partial charge in [-0.2, -0.15) is 0 Å². The third-order valence-corrected chi connectivity index (χ3v) is 8.71. The minimum absolute atomic E-state index is 0.00562. The van der Waals surface area contributed by atoms with Crippen molar-refractivity contribution in [2.75, 3.05) is 25.0 Å². The van der Waals surface area contributed by atoms with E-state index >= 15 is 0 Å². The molecule has 3 heterocycles. The highest BCUT2D eigenvalue weighted by Gasteiger charge is 2.46. The minimum Gasteiger partial charge on any atom is -0.444 e. The molecule has 0 bridgehead atoms. The third-order valence-electron chi connectivity index (χ3n) is 8.71. The number of carbonyl (C=O) groups excluding carboxylic acids is 1. The molecule has 1 aromatic carbocycles. The molecule has 10 heteroatoms. The highest BCUT2D eigenvalue weighted by atomic mass is 16.6. The summed E-state index contributed by atoms with van der Waals surface area (Å²) in [7, 11) is 0. The first-order valence-corrected chi connectivity index (χ1v) is 13.7. The molecule has 6 rings (SSSR count). The number of hydrogen-bond acceptors (Lipinski definition) is 7. The summed E-state index contributed by atoms with van der Waals surface area (Å²) in [5.41, 5.74) is 3.84. The van der Waals surface area contributed by atoms with Crippen molar-refractivity contribution in [3.63, 3.8) is 0 Å². The summed E-state index contributed by atoms with van der Waals surface area (Å²) in [5.74, 6) is 0.671. The highest BCUT2D eigenvalue weighted by molar-refractivity contribution is 5.84. The van der Waals surface area contributed by atoms with E-state index in [9.17, 15) is 15.0 Å². The van der Waals surface area contributed by atoms with Crippen LogP contribution in [-0.2, 0) is 10.2 Å². The van der Waals surface area contributed by atoms with Crippen molar-refractivity contribution in [1.29, 1.82) is 0 Å². The topological polar surface area (TPSA) is 129 Å². The van der Waals surface area contributed by atoms with E-state index in [4.69, 9.17) is 4.74 Å². The zero-order valence-electron chi connectivity index (χ0n) is 22.4. The van der Waals surface area contributed by atoms with Gasteiger partial charge in [-0.05, 0) is 64.0 Å². The Morgan fingerprint density at radius 3 is 2.68 bits per heavy atom. The molecule has 3 aliphatic rings. The van der Waals surface area contributed by atoms with E-state index in [1.807, 2.05) is 30.4 Å². The van der Waals surface area contributed by atoms with Crippen LogP contribution in [0.2, 0.25) is 0 Å². The maximum Gasteiger partial charge on any atom is 0.410 e. The summed E-state index contributed by atoms with van der Waals surface area (Å²) in [6, 6.07) is 8.81. The molecule has 1 saturated carbocycles. The number of aliphatic hydroxyl groups is 2. The van der Waals surface area contributed by atoms with E-state index in [0.717, 1.165) is 42.7 Å². The Hall–Kier alpha value is -3.11. The molecule has 10 nitrogen and oxygen atoms in total. The molecule has 2 aliphatic carbocycles. The zero-order chi connectivity index (χ0) is 26.7. The van der Waals surface area contributed by atoms with Crippen molar-refractivity contribution in [3.8, 4) is 0 Å². The molecule has 3 aromatic rings. The van der Waals surface area contributed by atoms with Crippen molar-refractivity contribution < 1.29 is 19.7 Å². The summed E-state index contributed by atoms with van der Waals surface area (Å²) in [5, 5.41) is 26.9. The number of H-pyrrole nitrogens is 1. The molecule has 1 spiro atoms. The molecule has 204 valence electrons. The van der Waals surface area contributed by atoms with Crippen LogP contribution in [0, 0.1) is 5.92 Å². The molecule has 1 saturated heterocycles. The number of ether oxygens (including phenoxy) is 1. The van der Waals surface area contributed by atoms with Crippen LogP contribution in [-0.4, -0.2) is 72.4 Å². The van der Waals surface area contributed by atoms with E-state index in [2.05, 4.69) is 44.6 Å². The maximum atomic E-state index is 12.7. The van der Waals surface area contributed by atoms with Gasteiger partial charge >= 0.3 is 6.09 Å². The lowest BCUT2D eigenvalue weighted by Crippen LogP contribution is -2.46. The van der Waals surface area contributed by atoms with E-state index in [1.165, 1.54) is 11.1 Å². The van der Waals surface area contributed by atoms with Crippen molar-refractivity contribution in [2.24, 2.45) is 5.92 Å². The Bertz CT molecular complexity index is 1320. The monoisotopic (exact) mass is 522 g/mol. The van der Waals surface area contributed by atoms with Gasteiger partial charge in [0, 0.05) is 31.0 Å². The lowest BCUT2D eigenvalue weighted by molar-refractivity contribution is 0.0162. The van der Waals surface area contributed by atoms with Crippen LogP contribution < -0.4 is 5.32 Å². The molecular weight excluding hydrogens is 484 g/mol. The van der Waals surface area contributed by atoms with Crippen LogP contribution in [0.3, 0.4) is 0 Å². The Balaban J connectivity index is 1.19. The largest absolute Gasteiger partial charge is 0.444 e. The molecule has 3 unspecified atom stereocenters. The number of aromatic amines is 1. The smallest absolute Gasteiger partial charge is 0.410 e. The molecule has 0 radical (unpaired) electrons. The van der Waals surface area contributed by atoms with E-state index in [1.54, 1.807) is 6.33 Å². The lowest BCUT2D eigenvalue weighted by Gasteiger charge is -2.40. The van der Waals surface area contributed by atoms with Crippen molar-refractivity contribution >= 4 is 23.1 Å². The number of fused-ring (bicyclic) bond motifs is 3. The van der Waals surface area contributed by atoms with Gasteiger partial charge in [0.25, 0.3) is 0 Å². The van der Waals surface area contributed by atoms with Gasteiger partial charge < -0.3 is 25.2 Å². The first kappa shape index (κ1) is 25.2. The van der Waals surface area contributed by atoms with Crippen LogP contribution in [0.5, 0.6) is 0 Å². The van der Waals surface area contributed by atoms with E-state index < -0.39 is 11.7 Å². The predicted octanol–water partition coefficient (Wildman–Crippen LogP) is 3.89. The Labute approximate surface area is 222 Å². The third kappa shape index (κ3) is 4.33. The maximum absolute atomic E-state index is 12.7. The molecule has 1 amide bonds. The SMILES string of the molecule is CC(C)(C)OC(=O)N1CCC2(CC1)C[C@H](Nc1ncnc3c1[nH]n3C1CC(O)C(CO)C1)c1ccccc12. The van der Waals surface area contributed by atoms with Crippen LogP contribution in [0.1, 0.15) is 76.1 Å². The van der Waals surface area contributed by atoms with E-state index in [-0.39, 0.29) is 36.1 Å². The van der Waals surface area contributed by atoms with Gasteiger partial charge in [0.05, 0.1) is 18.2 Å².